The highest BCUT2D eigenvalue weighted by molar-refractivity contribution is 6.01. The fraction of sp³-hybridized carbons (Fsp3) is 0.125. The molecular formula is C16H15N3O4. The minimum atomic E-state index is -0.448. The molecule has 0 aliphatic heterocycles. The van der Waals surface area contributed by atoms with Gasteiger partial charge in [0.1, 0.15) is 5.75 Å². The Morgan fingerprint density at radius 3 is 2.74 bits per heavy atom. The zero-order chi connectivity index (χ0) is 16.4. The third-order valence-corrected chi connectivity index (χ3v) is 3.41. The van der Waals surface area contributed by atoms with Gasteiger partial charge in [0.25, 0.3) is 0 Å². The summed E-state index contributed by atoms with van der Waals surface area (Å²) in [6, 6.07) is 11.7. The van der Waals surface area contributed by atoms with Gasteiger partial charge in [0.15, 0.2) is 5.58 Å². The van der Waals surface area contributed by atoms with Gasteiger partial charge in [-0.25, -0.2) is 9.59 Å². The molecule has 0 bridgehead atoms. The molecule has 3 aromatic rings. The number of amides is 2. The van der Waals surface area contributed by atoms with Crippen molar-refractivity contribution in [2.45, 2.75) is 0 Å². The lowest BCUT2D eigenvalue weighted by atomic mass is 10.3. The van der Waals surface area contributed by atoms with Crippen LogP contribution in [-0.4, -0.2) is 17.7 Å². The predicted molar refractivity (Wildman–Crippen MR) is 87.1 cm³/mol. The number of nitrogens with one attached hydrogen (secondary N) is 2. The number of carbonyl (C=O) groups is 1. The molecule has 0 radical (unpaired) electrons. The predicted octanol–water partition coefficient (Wildman–Crippen LogP) is 2.78. The monoisotopic (exact) mass is 313 g/mol. The van der Waals surface area contributed by atoms with Gasteiger partial charge >= 0.3 is 11.8 Å². The molecule has 2 amide bonds. The number of hydrogen-bond acceptors (Lipinski definition) is 4. The normalized spacial score (nSPS) is 10.5. The Morgan fingerprint density at radius 1 is 1.17 bits per heavy atom. The Hall–Kier alpha value is -3.22. The smallest absolute Gasteiger partial charge is 0.419 e. The Kier molecular flexibility index (Phi) is 3.76. The number of para-hydroxylation sites is 2. The standard InChI is InChI=1S/C16H15N3O4/c1-19-12-8-7-10(9-14(12)23-16(19)21)17-15(20)18-11-5-3-4-6-13(11)22-2/h3-9H,1-2H3,(H2,17,18,20). The first-order valence-electron chi connectivity index (χ1n) is 6.89. The molecular weight excluding hydrogens is 298 g/mol. The molecule has 23 heavy (non-hydrogen) atoms. The van der Waals surface area contributed by atoms with Crippen molar-refractivity contribution in [2.24, 2.45) is 7.05 Å². The number of benzene rings is 2. The number of oxazole rings is 1. The van der Waals surface area contributed by atoms with Gasteiger partial charge in [0.2, 0.25) is 0 Å². The minimum absolute atomic E-state index is 0.410. The molecule has 0 fully saturated rings. The summed E-state index contributed by atoms with van der Waals surface area (Å²) < 4.78 is 11.7. The number of anilines is 2. The van der Waals surface area contributed by atoms with E-state index < -0.39 is 11.8 Å². The van der Waals surface area contributed by atoms with Crippen molar-refractivity contribution in [1.29, 1.82) is 0 Å². The molecule has 0 aliphatic rings. The van der Waals surface area contributed by atoms with E-state index in [0.717, 1.165) is 0 Å². The fourth-order valence-electron chi connectivity index (χ4n) is 2.24. The third-order valence-electron chi connectivity index (χ3n) is 3.41. The van der Waals surface area contributed by atoms with E-state index in [1.54, 1.807) is 43.4 Å². The lowest BCUT2D eigenvalue weighted by Crippen LogP contribution is -2.19. The van der Waals surface area contributed by atoms with Gasteiger partial charge in [-0.2, -0.15) is 0 Å². The van der Waals surface area contributed by atoms with Gasteiger partial charge in [0.05, 0.1) is 18.3 Å². The van der Waals surface area contributed by atoms with E-state index in [4.69, 9.17) is 9.15 Å². The average molecular weight is 313 g/mol. The van der Waals surface area contributed by atoms with Crippen LogP contribution in [0, 0.1) is 0 Å². The van der Waals surface area contributed by atoms with Crippen molar-refractivity contribution < 1.29 is 13.9 Å². The van der Waals surface area contributed by atoms with Crippen molar-refractivity contribution >= 4 is 28.5 Å². The third kappa shape index (κ3) is 2.89. The summed E-state index contributed by atoms with van der Waals surface area (Å²) in [6.07, 6.45) is 0. The highest BCUT2D eigenvalue weighted by atomic mass is 16.5. The molecule has 1 heterocycles. The average Bonchev–Trinajstić information content (AvgIpc) is 2.82. The number of urea groups is 1. The molecule has 3 rings (SSSR count). The van der Waals surface area contributed by atoms with Crippen molar-refractivity contribution in [3.05, 3.63) is 53.0 Å². The SMILES string of the molecule is COc1ccccc1NC(=O)Nc1ccc2c(c1)oc(=O)n2C. The molecule has 1 aromatic heterocycles. The topological polar surface area (TPSA) is 85.5 Å². The summed E-state index contributed by atoms with van der Waals surface area (Å²) >= 11 is 0. The second-order valence-electron chi connectivity index (χ2n) is 4.89. The Balaban J connectivity index is 1.79. The summed E-state index contributed by atoms with van der Waals surface area (Å²) in [4.78, 5) is 23.5. The number of aryl methyl sites for hydroxylation is 1. The molecule has 2 N–H and O–H groups in total. The lowest BCUT2D eigenvalue weighted by Gasteiger charge is -2.10. The molecule has 0 aliphatic carbocycles. The van der Waals surface area contributed by atoms with Crippen molar-refractivity contribution in [3.8, 4) is 5.75 Å². The molecule has 0 spiro atoms. The van der Waals surface area contributed by atoms with Crippen molar-refractivity contribution in [3.63, 3.8) is 0 Å². The number of aromatic nitrogens is 1. The van der Waals surface area contributed by atoms with Crippen LogP contribution >= 0.6 is 0 Å². The van der Waals surface area contributed by atoms with E-state index in [1.165, 1.54) is 11.7 Å². The number of ether oxygens (including phenoxy) is 1. The lowest BCUT2D eigenvalue weighted by molar-refractivity contribution is 0.262. The summed E-state index contributed by atoms with van der Waals surface area (Å²) in [6.45, 7) is 0. The number of methoxy groups -OCH3 is 1. The van der Waals surface area contributed by atoms with Crippen LogP contribution < -0.4 is 21.1 Å². The molecule has 118 valence electrons. The van der Waals surface area contributed by atoms with Crippen LogP contribution in [0.1, 0.15) is 0 Å². The number of fused-ring (bicyclic) bond motifs is 1. The van der Waals surface area contributed by atoms with Crippen LogP contribution in [0.4, 0.5) is 16.2 Å². The summed E-state index contributed by atoms with van der Waals surface area (Å²) in [7, 11) is 3.15. The van der Waals surface area contributed by atoms with E-state index in [0.29, 0.717) is 28.2 Å². The minimum Gasteiger partial charge on any atom is -0.495 e. The maximum atomic E-state index is 12.1. The summed E-state index contributed by atoms with van der Waals surface area (Å²) in [5.74, 6) is 0.114. The Morgan fingerprint density at radius 2 is 1.96 bits per heavy atom. The van der Waals surface area contributed by atoms with Gasteiger partial charge < -0.3 is 19.8 Å². The van der Waals surface area contributed by atoms with Gasteiger partial charge in [-0.15, -0.1) is 0 Å². The maximum absolute atomic E-state index is 12.1. The number of carbonyl (C=O) groups excluding carboxylic acids is 1. The van der Waals surface area contributed by atoms with Crippen molar-refractivity contribution in [2.75, 3.05) is 17.7 Å². The van der Waals surface area contributed by atoms with E-state index >= 15 is 0 Å². The van der Waals surface area contributed by atoms with Gasteiger partial charge in [-0.05, 0) is 24.3 Å². The van der Waals surface area contributed by atoms with Crippen LogP contribution in [0.25, 0.3) is 11.1 Å². The van der Waals surface area contributed by atoms with Crippen LogP contribution in [0.3, 0.4) is 0 Å². The maximum Gasteiger partial charge on any atom is 0.419 e. The van der Waals surface area contributed by atoms with Gasteiger partial charge in [-0.1, -0.05) is 12.1 Å². The second kappa shape index (κ2) is 5.88. The van der Waals surface area contributed by atoms with E-state index in [2.05, 4.69) is 10.6 Å². The first kappa shape index (κ1) is 14.7. The second-order valence-corrected chi connectivity index (χ2v) is 4.89. The zero-order valence-electron chi connectivity index (χ0n) is 12.6. The van der Waals surface area contributed by atoms with E-state index in [9.17, 15) is 9.59 Å². The number of hydrogen-bond donors (Lipinski definition) is 2. The molecule has 0 saturated carbocycles. The van der Waals surface area contributed by atoms with E-state index in [-0.39, 0.29) is 0 Å². The zero-order valence-corrected chi connectivity index (χ0v) is 12.6. The van der Waals surface area contributed by atoms with Crippen LogP contribution in [0.5, 0.6) is 5.75 Å². The van der Waals surface area contributed by atoms with Crippen LogP contribution in [0.2, 0.25) is 0 Å². The number of rotatable bonds is 3. The highest BCUT2D eigenvalue weighted by Crippen LogP contribution is 2.23. The molecule has 7 heteroatoms. The van der Waals surface area contributed by atoms with Gasteiger partial charge in [-0.3, -0.25) is 4.57 Å². The highest BCUT2D eigenvalue weighted by Gasteiger charge is 2.10. The number of nitrogens with zero attached hydrogens (tertiary/aromatic N) is 1. The van der Waals surface area contributed by atoms with Gasteiger partial charge in [0, 0.05) is 18.8 Å². The Labute approximate surface area is 131 Å². The first-order chi connectivity index (χ1) is 11.1. The summed E-state index contributed by atoms with van der Waals surface area (Å²) in [5, 5.41) is 5.39. The molecule has 2 aromatic carbocycles. The largest absolute Gasteiger partial charge is 0.495 e. The quantitative estimate of drug-likeness (QED) is 0.778. The van der Waals surface area contributed by atoms with E-state index in [1.807, 2.05) is 6.07 Å². The Bertz CT molecular complexity index is 926. The summed E-state index contributed by atoms with van der Waals surface area (Å²) in [5.41, 5.74) is 2.14. The van der Waals surface area contributed by atoms with Crippen LogP contribution in [-0.2, 0) is 7.05 Å². The molecule has 7 nitrogen and oxygen atoms in total. The van der Waals surface area contributed by atoms with Crippen LogP contribution in [0.15, 0.2) is 51.7 Å². The fourth-order valence-corrected chi connectivity index (χ4v) is 2.24. The molecule has 0 saturated heterocycles. The molecule has 0 unspecified atom stereocenters. The van der Waals surface area contributed by atoms with Crippen molar-refractivity contribution in [1.82, 2.24) is 4.57 Å². The first-order valence-corrected chi connectivity index (χ1v) is 6.89. The molecule has 0 atom stereocenters.